The second-order valence-electron chi connectivity index (χ2n) is 4.71. The maximum Gasteiger partial charge on any atom is 0.217 e. The zero-order chi connectivity index (χ0) is 9.42. The van der Waals surface area contributed by atoms with E-state index in [1.54, 1.807) is 6.92 Å². The summed E-state index contributed by atoms with van der Waals surface area (Å²) in [6.07, 6.45) is 5.30. The van der Waals surface area contributed by atoms with Crippen LogP contribution in [0.3, 0.4) is 0 Å². The topological polar surface area (TPSA) is 29.1 Å². The van der Waals surface area contributed by atoms with E-state index in [0.29, 0.717) is 6.04 Å². The van der Waals surface area contributed by atoms with E-state index in [1.807, 2.05) is 0 Å². The van der Waals surface area contributed by atoms with Crippen molar-refractivity contribution in [3.8, 4) is 0 Å². The van der Waals surface area contributed by atoms with Gasteiger partial charge in [-0.1, -0.05) is 13.3 Å². The fraction of sp³-hybridized carbons (Fsp3) is 0.909. The minimum absolute atomic E-state index is 0.146. The van der Waals surface area contributed by atoms with Crippen LogP contribution in [0.25, 0.3) is 0 Å². The van der Waals surface area contributed by atoms with Crippen LogP contribution in [-0.2, 0) is 4.79 Å². The molecule has 0 aromatic heterocycles. The van der Waals surface area contributed by atoms with Gasteiger partial charge < -0.3 is 5.32 Å². The molecule has 2 aliphatic carbocycles. The van der Waals surface area contributed by atoms with Gasteiger partial charge in [-0.15, -0.1) is 0 Å². The number of fused-ring (bicyclic) bond motifs is 2. The quantitative estimate of drug-likeness (QED) is 0.693. The number of carbonyl (C=O) groups is 1. The first kappa shape index (κ1) is 9.04. The Morgan fingerprint density at radius 3 is 2.69 bits per heavy atom. The first-order valence-corrected chi connectivity index (χ1v) is 5.47. The fourth-order valence-corrected chi connectivity index (χ4v) is 3.39. The number of hydrogen-bond acceptors (Lipinski definition) is 1. The Morgan fingerprint density at radius 1 is 1.38 bits per heavy atom. The molecule has 1 amide bonds. The van der Waals surface area contributed by atoms with Crippen molar-refractivity contribution in [1.82, 2.24) is 5.32 Å². The van der Waals surface area contributed by atoms with Crippen molar-refractivity contribution in [3.05, 3.63) is 0 Å². The van der Waals surface area contributed by atoms with E-state index in [1.165, 1.54) is 25.7 Å². The summed E-state index contributed by atoms with van der Waals surface area (Å²) < 4.78 is 0. The summed E-state index contributed by atoms with van der Waals surface area (Å²) in [5.41, 5.74) is 0. The maximum absolute atomic E-state index is 11.0. The van der Waals surface area contributed by atoms with E-state index < -0.39 is 0 Å². The molecular weight excluding hydrogens is 162 g/mol. The molecule has 2 aliphatic rings. The molecule has 2 bridgehead atoms. The predicted octanol–water partition coefficient (Wildman–Crippen LogP) is 1.95. The lowest BCUT2D eigenvalue weighted by atomic mass is 9.83. The summed E-state index contributed by atoms with van der Waals surface area (Å²) in [4.78, 5) is 11.0. The van der Waals surface area contributed by atoms with Gasteiger partial charge in [0.05, 0.1) is 0 Å². The third-order valence-corrected chi connectivity index (χ3v) is 3.86. The smallest absolute Gasteiger partial charge is 0.217 e. The highest BCUT2D eigenvalue weighted by Crippen LogP contribution is 2.49. The van der Waals surface area contributed by atoms with Crippen molar-refractivity contribution in [2.45, 2.75) is 45.6 Å². The summed E-state index contributed by atoms with van der Waals surface area (Å²) in [6.45, 7) is 3.91. The summed E-state index contributed by atoms with van der Waals surface area (Å²) in [7, 11) is 0. The van der Waals surface area contributed by atoms with Crippen molar-refractivity contribution >= 4 is 5.91 Å². The van der Waals surface area contributed by atoms with E-state index >= 15 is 0 Å². The zero-order valence-electron chi connectivity index (χ0n) is 8.55. The van der Waals surface area contributed by atoms with Crippen LogP contribution in [0.4, 0.5) is 0 Å². The second kappa shape index (κ2) is 3.32. The molecule has 0 radical (unpaired) electrons. The monoisotopic (exact) mass is 181 g/mol. The van der Waals surface area contributed by atoms with Gasteiger partial charge in [0, 0.05) is 13.0 Å². The normalized spacial score (nSPS) is 42.3. The van der Waals surface area contributed by atoms with E-state index in [0.717, 1.165) is 17.8 Å². The lowest BCUT2D eigenvalue weighted by Crippen LogP contribution is -2.39. The number of carbonyl (C=O) groups excluding carboxylic acids is 1. The average molecular weight is 181 g/mol. The molecule has 0 aromatic rings. The molecule has 1 N–H and O–H groups in total. The minimum Gasteiger partial charge on any atom is -0.353 e. The molecule has 0 unspecified atom stereocenters. The average Bonchev–Trinajstić information content (AvgIpc) is 2.60. The molecule has 0 heterocycles. The van der Waals surface area contributed by atoms with Crippen molar-refractivity contribution < 1.29 is 4.79 Å². The van der Waals surface area contributed by atoms with Crippen LogP contribution < -0.4 is 5.32 Å². The van der Waals surface area contributed by atoms with Gasteiger partial charge >= 0.3 is 0 Å². The lowest BCUT2D eigenvalue weighted by molar-refractivity contribution is -0.120. The van der Waals surface area contributed by atoms with Crippen molar-refractivity contribution in [1.29, 1.82) is 0 Å². The Morgan fingerprint density at radius 2 is 2.15 bits per heavy atom. The van der Waals surface area contributed by atoms with Crippen LogP contribution in [0.2, 0.25) is 0 Å². The van der Waals surface area contributed by atoms with Crippen molar-refractivity contribution in [2.24, 2.45) is 17.8 Å². The standard InChI is InChI=1S/C11H19NO/c1-3-9-4-8-5-10(9)11(6-8)12-7(2)13/h8-11H,3-6H2,1-2H3,(H,12,13)/t8-,9-,10+,11+/m1/s1. The van der Waals surface area contributed by atoms with Crippen molar-refractivity contribution in [2.75, 3.05) is 0 Å². The van der Waals surface area contributed by atoms with Crippen LogP contribution >= 0.6 is 0 Å². The molecular formula is C11H19NO. The SMILES string of the molecule is CC[C@@H]1C[C@@H]2C[C@@H]1[C@@H](NC(C)=O)C2. The first-order chi connectivity index (χ1) is 6.20. The Balaban J connectivity index is 1.97. The molecule has 0 saturated heterocycles. The van der Waals surface area contributed by atoms with Gasteiger partial charge in [-0.3, -0.25) is 4.79 Å². The highest BCUT2D eigenvalue weighted by atomic mass is 16.1. The van der Waals surface area contributed by atoms with Crippen LogP contribution in [-0.4, -0.2) is 11.9 Å². The van der Waals surface area contributed by atoms with Crippen LogP contribution in [0.5, 0.6) is 0 Å². The number of amides is 1. The Hall–Kier alpha value is -0.530. The van der Waals surface area contributed by atoms with Gasteiger partial charge in [-0.2, -0.15) is 0 Å². The van der Waals surface area contributed by atoms with Gasteiger partial charge in [0.25, 0.3) is 0 Å². The highest BCUT2D eigenvalue weighted by Gasteiger charge is 2.45. The molecule has 4 atom stereocenters. The third kappa shape index (κ3) is 1.59. The fourth-order valence-electron chi connectivity index (χ4n) is 3.39. The Labute approximate surface area is 80.1 Å². The first-order valence-electron chi connectivity index (χ1n) is 5.47. The Bertz CT molecular complexity index is 214. The summed E-state index contributed by atoms with van der Waals surface area (Å²) >= 11 is 0. The van der Waals surface area contributed by atoms with Gasteiger partial charge in [0.15, 0.2) is 0 Å². The van der Waals surface area contributed by atoms with Crippen molar-refractivity contribution in [3.63, 3.8) is 0 Å². The van der Waals surface area contributed by atoms with Crippen LogP contribution in [0.1, 0.15) is 39.5 Å². The number of nitrogens with one attached hydrogen (secondary N) is 1. The molecule has 0 aromatic carbocycles. The molecule has 2 saturated carbocycles. The molecule has 74 valence electrons. The number of hydrogen-bond donors (Lipinski definition) is 1. The maximum atomic E-state index is 11.0. The van der Waals surface area contributed by atoms with Crippen LogP contribution in [0.15, 0.2) is 0 Å². The molecule has 2 rings (SSSR count). The van der Waals surface area contributed by atoms with E-state index in [9.17, 15) is 4.79 Å². The summed E-state index contributed by atoms with van der Waals surface area (Å²) in [6, 6.07) is 0.501. The second-order valence-corrected chi connectivity index (χ2v) is 4.71. The summed E-state index contributed by atoms with van der Waals surface area (Å²) in [5.74, 6) is 2.73. The van der Waals surface area contributed by atoms with Crippen LogP contribution in [0, 0.1) is 17.8 Å². The van der Waals surface area contributed by atoms with Gasteiger partial charge in [-0.05, 0) is 37.0 Å². The third-order valence-electron chi connectivity index (χ3n) is 3.86. The van der Waals surface area contributed by atoms with Gasteiger partial charge in [0.2, 0.25) is 5.91 Å². The molecule has 2 heteroatoms. The zero-order valence-corrected chi connectivity index (χ0v) is 8.55. The molecule has 13 heavy (non-hydrogen) atoms. The van der Waals surface area contributed by atoms with E-state index in [-0.39, 0.29) is 5.91 Å². The minimum atomic E-state index is 0.146. The lowest BCUT2D eigenvalue weighted by Gasteiger charge is -2.29. The number of rotatable bonds is 2. The predicted molar refractivity (Wildman–Crippen MR) is 52.2 cm³/mol. The molecule has 0 spiro atoms. The molecule has 0 aliphatic heterocycles. The van der Waals surface area contributed by atoms with Gasteiger partial charge in [0.1, 0.15) is 0 Å². The van der Waals surface area contributed by atoms with E-state index in [4.69, 9.17) is 0 Å². The molecule has 2 nitrogen and oxygen atoms in total. The highest BCUT2D eigenvalue weighted by molar-refractivity contribution is 5.73. The largest absolute Gasteiger partial charge is 0.353 e. The van der Waals surface area contributed by atoms with Gasteiger partial charge in [-0.25, -0.2) is 0 Å². The van der Waals surface area contributed by atoms with E-state index in [2.05, 4.69) is 12.2 Å². The summed E-state index contributed by atoms with van der Waals surface area (Å²) in [5, 5.41) is 3.10. The Kier molecular flexibility index (Phi) is 2.31. The molecule has 2 fully saturated rings.